The third-order valence-corrected chi connectivity index (χ3v) is 5.88. The highest BCUT2D eigenvalue weighted by molar-refractivity contribution is 6.30. The fourth-order valence-electron chi connectivity index (χ4n) is 4.01. The lowest BCUT2D eigenvalue weighted by atomic mass is 9.83. The van der Waals surface area contributed by atoms with E-state index in [4.69, 9.17) is 22.2 Å². The number of hydrogen-bond donors (Lipinski definition) is 1. The van der Waals surface area contributed by atoms with Crippen LogP contribution in [0, 0.1) is 5.82 Å². The van der Waals surface area contributed by atoms with E-state index in [2.05, 4.69) is 20.0 Å². The van der Waals surface area contributed by atoms with Crippen molar-refractivity contribution in [3.8, 4) is 0 Å². The summed E-state index contributed by atoms with van der Waals surface area (Å²) in [5, 5.41) is 4.96. The number of aromatic nitrogens is 2. The van der Waals surface area contributed by atoms with Gasteiger partial charge in [-0.1, -0.05) is 22.8 Å². The summed E-state index contributed by atoms with van der Waals surface area (Å²) in [6.07, 6.45) is 8.54. The molecule has 2 fully saturated rings. The van der Waals surface area contributed by atoms with Gasteiger partial charge in [0, 0.05) is 31.6 Å². The largest absolute Gasteiger partial charge is 0.399 e. The van der Waals surface area contributed by atoms with Gasteiger partial charge in [0.2, 0.25) is 5.95 Å². The number of nitrogens with two attached hydrogens (primary N) is 1. The summed E-state index contributed by atoms with van der Waals surface area (Å²) < 4.78 is 14.1. The lowest BCUT2D eigenvalue weighted by molar-refractivity contribution is 0.0406. The minimum atomic E-state index is -0.205. The molecule has 4 rings (SSSR count). The van der Waals surface area contributed by atoms with Crippen LogP contribution >= 0.6 is 11.6 Å². The van der Waals surface area contributed by atoms with Gasteiger partial charge in [-0.3, -0.25) is 0 Å². The zero-order chi connectivity index (χ0) is 20.2. The molecule has 0 unspecified atom stereocenters. The van der Waals surface area contributed by atoms with Crippen LogP contribution in [0.25, 0.3) is 0 Å². The van der Waals surface area contributed by atoms with Crippen molar-refractivity contribution < 1.29 is 9.23 Å². The Morgan fingerprint density at radius 3 is 2.45 bits per heavy atom. The topological polar surface area (TPSA) is 76.6 Å². The van der Waals surface area contributed by atoms with Gasteiger partial charge >= 0.3 is 0 Å². The molecule has 1 saturated carbocycles. The van der Waals surface area contributed by atoms with E-state index in [1.165, 1.54) is 6.07 Å². The maximum Gasteiger partial charge on any atom is 0.225 e. The molecule has 2 aliphatic rings. The standard InChI is InChI=1S/C21H25ClFN5O/c22-15-12-25-21(26-13-15)28-9-7-18(8-10-28)29-27-17-4-1-14(2-5-17)19-6-3-16(24)11-20(19)23/h3,6,11-14,18H,1-2,4-5,7-10,24H2. The molecule has 0 amide bonds. The first-order valence-corrected chi connectivity index (χ1v) is 10.5. The summed E-state index contributed by atoms with van der Waals surface area (Å²) >= 11 is 5.84. The molecule has 0 bridgehead atoms. The average Bonchev–Trinajstić information content (AvgIpc) is 2.74. The zero-order valence-electron chi connectivity index (χ0n) is 16.2. The highest BCUT2D eigenvalue weighted by atomic mass is 35.5. The first-order valence-electron chi connectivity index (χ1n) is 10.1. The van der Waals surface area contributed by atoms with Crippen LogP contribution in [0.4, 0.5) is 16.0 Å². The molecule has 1 saturated heterocycles. The minimum Gasteiger partial charge on any atom is -0.399 e. The van der Waals surface area contributed by atoms with E-state index in [1.807, 2.05) is 6.07 Å². The van der Waals surface area contributed by atoms with Gasteiger partial charge in [0.25, 0.3) is 0 Å². The molecule has 2 N–H and O–H groups in total. The summed E-state index contributed by atoms with van der Waals surface area (Å²) in [7, 11) is 0. The SMILES string of the molecule is Nc1ccc(C2CCC(=NOC3CCN(c4ncc(Cl)cn4)CC3)CC2)c(F)c1. The van der Waals surface area contributed by atoms with Gasteiger partial charge in [-0.05, 0) is 49.3 Å². The van der Waals surface area contributed by atoms with Crippen LogP contribution in [-0.2, 0) is 4.84 Å². The first kappa shape index (κ1) is 19.9. The van der Waals surface area contributed by atoms with E-state index in [0.717, 1.165) is 62.9 Å². The second-order valence-electron chi connectivity index (χ2n) is 7.71. The Hall–Kier alpha value is -2.41. The molecule has 0 radical (unpaired) electrons. The predicted molar refractivity (Wildman–Crippen MR) is 113 cm³/mol. The molecule has 1 aliphatic heterocycles. The van der Waals surface area contributed by atoms with Gasteiger partial charge in [0.1, 0.15) is 11.9 Å². The van der Waals surface area contributed by atoms with Gasteiger partial charge < -0.3 is 15.5 Å². The summed E-state index contributed by atoms with van der Waals surface area (Å²) in [4.78, 5) is 16.5. The Kier molecular flexibility index (Phi) is 6.13. The number of rotatable bonds is 4. The molecular formula is C21H25ClFN5O. The smallest absolute Gasteiger partial charge is 0.225 e. The second kappa shape index (κ2) is 8.95. The molecule has 1 aromatic heterocycles. The van der Waals surface area contributed by atoms with Gasteiger partial charge in [0.05, 0.1) is 23.1 Å². The van der Waals surface area contributed by atoms with E-state index in [1.54, 1.807) is 18.5 Å². The maximum absolute atomic E-state index is 14.1. The fraction of sp³-hybridized carbons (Fsp3) is 0.476. The molecule has 0 spiro atoms. The van der Waals surface area contributed by atoms with Gasteiger partial charge in [0.15, 0.2) is 0 Å². The van der Waals surface area contributed by atoms with Gasteiger partial charge in [-0.25, -0.2) is 14.4 Å². The summed E-state index contributed by atoms with van der Waals surface area (Å²) in [6.45, 7) is 1.66. The Balaban J connectivity index is 1.24. The Bertz CT molecular complexity index is 858. The number of oxime groups is 1. The molecule has 2 aromatic rings. The molecule has 0 atom stereocenters. The normalized spacial score (nSPS) is 20.6. The second-order valence-corrected chi connectivity index (χ2v) is 8.14. The van der Waals surface area contributed by atoms with Crippen molar-refractivity contribution in [3.05, 3.63) is 47.0 Å². The lowest BCUT2D eigenvalue weighted by Gasteiger charge is -2.31. The maximum atomic E-state index is 14.1. The van der Waals surface area contributed by atoms with E-state index in [-0.39, 0.29) is 17.8 Å². The van der Waals surface area contributed by atoms with E-state index < -0.39 is 0 Å². The number of piperidine rings is 1. The van der Waals surface area contributed by atoms with Crippen molar-refractivity contribution in [2.45, 2.75) is 50.5 Å². The van der Waals surface area contributed by atoms with Crippen LogP contribution in [0.2, 0.25) is 5.02 Å². The molecule has 1 aliphatic carbocycles. The summed E-state index contributed by atoms with van der Waals surface area (Å²) in [5.41, 5.74) is 7.94. The summed E-state index contributed by atoms with van der Waals surface area (Å²) in [5.74, 6) is 0.715. The minimum absolute atomic E-state index is 0.110. The van der Waals surface area contributed by atoms with Crippen LogP contribution in [0.1, 0.15) is 50.0 Å². The molecular weight excluding hydrogens is 393 g/mol. The molecule has 29 heavy (non-hydrogen) atoms. The Morgan fingerprint density at radius 1 is 1.10 bits per heavy atom. The van der Waals surface area contributed by atoms with Crippen molar-refractivity contribution in [2.75, 3.05) is 23.7 Å². The Morgan fingerprint density at radius 2 is 1.79 bits per heavy atom. The van der Waals surface area contributed by atoms with Crippen LogP contribution in [0.5, 0.6) is 0 Å². The van der Waals surface area contributed by atoms with Crippen molar-refractivity contribution >= 4 is 28.9 Å². The van der Waals surface area contributed by atoms with Crippen LogP contribution in [-0.4, -0.2) is 34.9 Å². The quantitative estimate of drug-likeness (QED) is 0.583. The molecule has 154 valence electrons. The number of nitrogen functional groups attached to an aromatic ring is 1. The van der Waals surface area contributed by atoms with Crippen molar-refractivity contribution in [2.24, 2.45) is 5.16 Å². The van der Waals surface area contributed by atoms with E-state index in [9.17, 15) is 4.39 Å². The number of hydrogen-bond acceptors (Lipinski definition) is 6. The highest BCUT2D eigenvalue weighted by Gasteiger charge is 2.24. The van der Waals surface area contributed by atoms with Gasteiger partial charge in [-0.2, -0.15) is 0 Å². The molecule has 1 aromatic carbocycles. The van der Waals surface area contributed by atoms with E-state index in [0.29, 0.717) is 16.7 Å². The fourth-order valence-corrected chi connectivity index (χ4v) is 4.10. The van der Waals surface area contributed by atoms with Crippen molar-refractivity contribution in [1.29, 1.82) is 0 Å². The molecule has 6 nitrogen and oxygen atoms in total. The number of nitrogens with zero attached hydrogens (tertiary/aromatic N) is 4. The van der Waals surface area contributed by atoms with Crippen molar-refractivity contribution in [1.82, 2.24) is 9.97 Å². The molecule has 2 heterocycles. The number of anilines is 2. The number of halogens is 2. The zero-order valence-corrected chi connectivity index (χ0v) is 17.0. The van der Waals surface area contributed by atoms with E-state index >= 15 is 0 Å². The average molecular weight is 418 g/mol. The first-order chi connectivity index (χ1) is 14.1. The Labute approximate surface area is 174 Å². The third kappa shape index (κ3) is 4.96. The van der Waals surface area contributed by atoms with Crippen LogP contribution in [0.15, 0.2) is 35.7 Å². The lowest BCUT2D eigenvalue weighted by Crippen LogP contribution is -2.37. The number of benzene rings is 1. The molecule has 8 heteroatoms. The third-order valence-electron chi connectivity index (χ3n) is 5.69. The van der Waals surface area contributed by atoms with Crippen LogP contribution < -0.4 is 10.6 Å². The van der Waals surface area contributed by atoms with Crippen LogP contribution in [0.3, 0.4) is 0 Å². The van der Waals surface area contributed by atoms with Crippen molar-refractivity contribution in [3.63, 3.8) is 0 Å². The van der Waals surface area contributed by atoms with Gasteiger partial charge in [-0.15, -0.1) is 0 Å². The monoisotopic (exact) mass is 417 g/mol. The highest BCUT2D eigenvalue weighted by Crippen LogP contribution is 2.34. The summed E-state index contributed by atoms with van der Waals surface area (Å²) in [6, 6.07) is 4.99. The predicted octanol–water partition coefficient (Wildman–Crippen LogP) is 4.55.